The van der Waals surface area contributed by atoms with E-state index in [1.807, 2.05) is 48.5 Å². The van der Waals surface area contributed by atoms with Gasteiger partial charge in [0.2, 0.25) is 11.8 Å². The lowest BCUT2D eigenvalue weighted by Gasteiger charge is -2.18. The topological polar surface area (TPSA) is 68.0 Å². The summed E-state index contributed by atoms with van der Waals surface area (Å²) in [5.74, 6) is 0.579. The summed E-state index contributed by atoms with van der Waals surface area (Å²) < 4.78 is 5.64. The van der Waals surface area contributed by atoms with Crippen molar-refractivity contribution in [2.75, 3.05) is 12.3 Å². The number of aromatic nitrogens is 2. The molecule has 0 bridgehead atoms. The zero-order valence-corrected chi connectivity index (χ0v) is 18.1. The Morgan fingerprint density at radius 2 is 1.52 bits per heavy atom. The van der Waals surface area contributed by atoms with Gasteiger partial charge < -0.3 is 9.73 Å². The highest BCUT2D eigenvalue weighted by molar-refractivity contribution is 7.99. The Morgan fingerprint density at radius 1 is 0.903 bits per heavy atom. The van der Waals surface area contributed by atoms with Crippen molar-refractivity contribution < 1.29 is 9.21 Å². The normalized spacial score (nSPS) is 10.9. The van der Waals surface area contributed by atoms with Gasteiger partial charge in [0.25, 0.3) is 5.22 Å². The van der Waals surface area contributed by atoms with Gasteiger partial charge in [0, 0.05) is 23.0 Å². The maximum Gasteiger partial charge on any atom is 0.277 e. The SMILES string of the molecule is O=C(CSc1nnc(-c2ccc(Cl)cc2)o1)NCC(c1ccccc1)c1ccccc1. The molecule has 156 valence electrons. The molecule has 1 aromatic heterocycles. The van der Waals surface area contributed by atoms with Crippen LogP contribution in [0.4, 0.5) is 0 Å². The Morgan fingerprint density at radius 3 is 2.13 bits per heavy atom. The van der Waals surface area contributed by atoms with Crippen molar-refractivity contribution in [2.24, 2.45) is 0 Å². The summed E-state index contributed by atoms with van der Waals surface area (Å²) in [6, 6.07) is 27.5. The van der Waals surface area contributed by atoms with Crippen LogP contribution >= 0.6 is 23.4 Å². The summed E-state index contributed by atoms with van der Waals surface area (Å²) in [5, 5.41) is 12.1. The van der Waals surface area contributed by atoms with E-state index in [1.54, 1.807) is 12.1 Å². The predicted octanol–water partition coefficient (Wildman–Crippen LogP) is 5.43. The maximum atomic E-state index is 12.5. The molecule has 5 nitrogen and oxygen atoms in total. The van der Waals surface area contributed by atoms with Gasteiger partial charge in [-0.05, 0) is 35.4 Å². The van der Waals surface area contributed by atoms with Gasteiger partial charge in [-0.3, -0.25) is 4.79 Å². The molecule has 0 saturated heterocycles. The van der Waals surface area contributed by atoms with Gasteiger partial charge in [-0.2, -0.15) is 0 Å². The number of carbonyl (C=O) groups excluding carboxylic acids is 1. The highest BCUT2D eigenvalue weighted by atomic mass is 35.5. The second-order valence-electron chi connectivity index (χ2n) is 6.85. The predicted molar refractivity (Wildman–Crippen MR) is 123 cm³/mol. The summed E-state index contributed by atoms with van der Waals surface area (Å²) in [7, 11) is 0. The van der Waals surface area contributed by atoms with Crippen molar-refractivity contribution >= 4 is 29.3 Å². The van der Waals surface area contributed by atoms with Gasteiger partial charge >= 0.3 is 0 Å². The molecule has 0 spiro atoms. The number of hydrogen-bond acceptors (Lipinski definition) is 5. The molecule has 0 radical (unpaired) electrons. The van der Waals surface area contributed by atoms with Crippen molar-refractivity contribution in [1.29, 1.82) is 0 Å². The van der Waals surface area contributed by atoms with Crippen LogP contribution in [0.15, 0.2) is 94.6 Å². The van der Waals surface area contributed by atoms with Crippen molar-refractivity contribution in [2.45, 2.75) is 11.1 Å². The monoisotopic (exact) mass is 449 g/mol. The largest absolute Gasteiger partial charge is 0.411 e. The van der Waals surface area contributed by atoms with Gasteiger partial charge in [-0.15, -0.1) is 10.2 Å². The van der Waals surface area contributed by atoms with Gasteiger partial charge in [0.05, 0.1) is 5.75 Å². The van der Waals surface area contributed by atoms with Crippen LogP contribution in [0.1, 0.15) is 17.0 Å². The van der Waals surface area contributed by atoms with Crippen molar-refractivity contribution in [3.8, 4) is 11.5 Å². The second-order valence-corrected chi connectivity index (χ2v) is 8.21. The molecule has 3 aromatic carbocycles. The van der Waals surface area contributed by atoms with E-state index >= 15 is 0 Å². The van der Waals surface area contributed by atoms with E-state index in [2.05, 4.69) is 39.8 Å². The number of halogens is 1. The smallest absolute Gasteiger partial charge is 0.277 e. The summed E-state index contributed by atoms with van der Waals surface area (Å²) in [6.45, 7) is 0.507. The van der Waals surface area contributed by atoms with Gasteiger partial charge in [0.15, 0.2) is 0 Å². The number of thioether (sulfide) groups is 1. The minimum atomic E-state index is -0.0897. The fraction of sp³-hybridized carbons (Fsp3) is 0.125. The molecule has 0 unspecified atom stereocenters. The minimum absolute atomic E-state index is 0.0799. The van der Waals surface area contributed by atoms with E-state index < -0.39 is 0 Å². The zero-order valence-electron chi connectivity index (χ0n) is 16.6. The second kappa shape index (κ2) is 10.3. The van der Waals surface area contributed by atoms with Crippen LogP contribution in [0.2, 0.25) is 5.02 Å². The standard InChI is InChI=1S/C24H20ClN3O2S/c25-20-13-11-19(12-14-20)23-27-28-24(30-23)31-16-22(29)26-15-21(17-7-3-1-4-8-17)18-9-5-2-6-10-18/h1-14,21H,15-16H2,(H,26,29). The molecule has 1 N–H and O–H groups in total. The first-order chi connectivity index (χ1) is 15.2. The Hall–Kier alpha value is -3.09. The van der Waals surface area contributed by atoms with Crippen LogP contribution in [0, 0.1) is 0 Å². The third-order valence-corrected chi connectivity index (χ3v) is 5.80. The molecule has 0 aliphatic rings. The van der Waals surface area contributed by atoms with Crippen LogP contribution in [-0.2, 0) is 4.79 Å². The van der Waals surface area contributed by atoms with Crippen LogP contribution in [-0.4, -0.2) is 28.4 Å². The first-order valence-electron chi connectivity index (χ1n) is 9.78. The quantitative estimate of drug-likeness (QED) is 0.363. The van der Waals surface area contributed by atoms with Gasteiger partial charge in [-0.1, -0.05) is 84.0 Å². The maximum absolute atomic E-state index is 12.5. The number of rotatable bonds is 8. The number of amides is 1. The average Bonchev–Trinajstić information content (AvgIpc) is 3.29. The molecule has 4 aromatic rings. The molecule has 0 aliphatic heterocycles. The van der Waals surface area contributed by atoms with Crippen molar-refractivity contribution in [3.05, 3.63) is 101 Å². The number of benzene rings is 3. The summed E-state index contributed by atoms with van der Waals surface area (Å²) in [6.07, 6.45) is 0. The highest BCUT2D eigenvalue weighted by Gasteiger charge is 2.16. The van der Waals surface area contributed by atoms with E-state index in [0.717, 1.165) is 16.7 Å². The minimum Gasteiger partial charge on any atom is -0.411 e. The van der Waals surface area contributed by atoms with Gasteiger partial charge in [-0.25, -0.2) is 0 Å². The molecule has 31 heavy (non-hydrogen) atoms. The van der Waals surface area contributed by atoms with Crippen LogP contribution in [0.3, 0.4) is 0 Å². The zero-order chi connectivity index (χ0) is 21.5. The molecular weight excluding hydrogens is 430 g/mol. The van der Waals surface area contributed by atoms with Crippen LogP contribution in [0.25, 0.3) is 11.5 Å². The molecule has 1 amide bonds. The lowest BCUT2D eigenvalue weighted by Crippen LogP contribution is -2.30. The number of nitrogens with one attached hydrogen (secondary N) is 1. The lowest BCUT2D eigenvalue weighted by atomic mass is 9.91. The first kappa shape index (κ1) is 21.2. The fourth-order valence-electron chi connectivity index (χ4n) is 3.17. The molecular formula is C24H20ClN3O2S. The number of carbonyl (C=O) groups is 1. The van der Waals surface area contributed by atoms with E-state index in [9.17, 15) is 4.79 Å². The van der Waals surface area contributed by atoms with E-state index in [0.29, 0.717) is 22.7 Å². The Labute approximate surface area is 189 Å². The first-order valence-corrected chi connectivity index (χ1v) is 11.1. The summed E-state index contributed by atoms with van der Waals surface area (Å²) >= 11 is 7.12. The highest BCUT2D eigenvalue weighted by Crippen LogP contribution is 2.25. The van der Waals surface area contributed by atoms with Gasteiger partial charge in [0.1, 0.15) is 0 Å². The number of nitrogens with zero attached hydrogens (tertiary/aromatic N) is 2. The Balaban J connectivity index is 1.34. The molecule has 0 aliphatic carbocycles. The summed E-state index contributed by atoms with van der Waals surface area (Å²) in [5.41, 5.74) is 3.10. The Kier molecular flexibility index (Phi) is 7.02. The van der Waals surface area contributed by atoms with E-state index in [4.69, 9.17) is 16.0 Å². The average molecular weight is 450 g/mol. The molecule has 4 rings (SSSR count). The van der Waals surface area contributed by atoms with E-state index in [1.165, 1.54) is 11.8 Å². The third kappa shape index (κ3) is 5.75. The molecule has 0 fully saturated rings. The molecule has 1 heterocycles. The molecule has 0 atom stereocenters. The Bertz CT molecular complexity index is 1080. The van der Waals surface area contributed by atoms with Crippen LogP contribution in [0.5, 0.6) is 0 Å². The van der Waals surface area contributed by atoms with Crippen molar-refractivity contribution in [1.82, 2.24) is 15.5 Å². The summed E-state index contributed by atoms with van der Waals surface area (Å²) in [4.78, 5) is 12.5. The fourth-order valence-corrected chi connectivity index (χ4v) is 3.89. The molecule has 7 heteroatoms. The third-order valence-electron chi connectivity index (χ3n) is 4.73. The number of hydrogen-bond donors (Lipinski definition) is 1. The lowest BCUT2D eigenvalue weighted by molar-refractivity contribution is -0.118. The van der Waals surface area contributed by atoms with Crippen LogP contribution < -0.4 is 5.32 Å². The van der Waals surface area contributed by atoms with E-state index in [-0.39, 0.29) is 17.6 Å². The molecule has 0 saturated carbocycles. The van der Waals surface area contributed by atoms with Crippen molar-refractivity contribution in [3.63, 3.8) is 0 Å².